The van der Waals surface area contributed by atoms with Crippen molar-refractivity contribution >= 4 is 17.7 Å². The maximum atomic E-state index is 12.0. The molecule has 2 rings (SSSR count). The van der Waals surface area contributed by atoms with E-state index >= 15 is 0 Å². The zero-order valence-electron chi connectivity index (χ0n) is 21.4. The van der Waals surface area contributed by atoms with Gasteiger partial charge in [0.05, 0.1) is 19.1 Å². The number of nitrogens with two attached hydrogens (primary N) is 1. The van der Waals surface area contributed by atoms with E-state index < -0.39 is 18.0 Å². The highest BCUT2D eigenvalue weighted by atomic mass is 16.5. The van der Waals surface area contributed by atoms with Crippen LogP contribution in [0.1, 0.15) is 48.2 Å². The van der Waals surface area contributed by atoms with Gasteiger partial charge < -0.3 is 34.9 Å². The number of ether oxygens (including phenoxy) is 2. The fourth-order valence-electron chi connectivity index (χ4n) is 3.15. The Morgan fingerprint density at radius 3 is 2.41 bits per heavy atom. The molecule has 0 saturated heterocycles. The normalized spacial score (nSPS) is 11.4. The molecule has 9 nitrogen and oxygen atoms in total. The molecule has 2 aromatic carbocycles. The third kappa shape index (κ3) is 14.6. The standard InChI is InChI=1S/C24H33NO4.C4H4O4/c1-3-14-28-17-21-15-20(23(27)4-2)10-11-24(21)29-18-22(26)16-25-13-12-19-8-6-5-7-9-19;5-3(6)1-2-4(7)8/h5-11,15,22,25-26H,3-4,12-14,16-18H2,1-2H3;1-2H,(H,5,6)(H,7,8)/b;2-1+. The lowest BCUT2D eigenvalue weighted by molar-refractivity contribution is -0.660. The number of hydrogen-bond donors (Lipinski definition) is 3. The first-order valence-electron chi connectivity index (χ1n) is 12.3. The van der Waals surface area contributed by atoms with Gasteiger partial charge in [-0.25, -0.2) is 4.79 Å². The molecule has 0 aliphatic rings. The van der Waals surface area contributed by atoms with Crippen LogP contribution in [0, 0.1) is 0 Å². The quantitative estimate of drug-likeness (QED) is 0.171. The summed E-state index contributed by atoms with van der Waals surface area (Å²) in [5.41, 5.74) is 2.82. The van der Waals surface area contributed by atoms with Crippen molar-refractivity contribution < 1.29 is 44.5 Å². The van der Waals surface area contributed by atoms with Crippen molar-refractivity contribution in [3.05, 3.63) is 77.4 Å². The molecule has 2 aromatic rings. The molecule has 37 heavy (non-hydrogen) atoms. The third-order valence-electron chi connectivity index (χ3n) is 5.02. The van der Waals surface area contributed by atoms with E-state index in [0.29, 0.717) is 49.6 Å². The Kier molecular flexibility index (Phi) is 15.9. The highest BCUT2D eigenvalue weighted by molar-refractivity contribution is 5.96. The first-order valence-corrected chi connectivity index (χ1v) is 12.3. The predicted octanol–water partition coefficient (Wildman–Crippen LogP) is 1.13. The Morgan fingerprint density at radius 1 is 1.08 bits per heavy atom. The number of Topliss-reactive ketones (excluding diaryl/α,β-unsaturated/α-hetero) is 1. The van der Waals surface area contributed by atoms with E-state index in [1.165, 1.54) is 5.56 Å². The van der Waals surface area contributed by atoms with Crippen molar-refractivity contribution in [2.45, 2.75) is 45.8 Å². The summed E-state index contributed by atoms with van der Waals surface area (Å²) < 4.78 is 11.5. The molecule has 0 saturated carbocycles. The largest absolute Gasteiger partial charge is 0.545 e. The molecule has 0 aliphatic carbocycles. The topological polar surface area (TPSA) is 150 Å². The second-order valence-corrected chi connectivity index (χ2v) is 8.16. The fourth-order valence-corrected chi connectivity index (χ4v) is 3.15. The monoisotopic (exact) mass is 515 g/mol. The van der Waals surface area contributed by atoms with Gasteiger partial charge in [0, 0.05) is 36.7 Å². The number of aliphatic carboxylic acids is 2. The maximum Gasteiger partial charge on any atom is 0.328 e. The van der Waals surface area contributed by atoms with Crippen LogP contribution in [0.4, 0.5) is 0 Å². The van der Waals surface area contributed by atoms with Gasteiger partial charge in [-0.05, 0) is 36.3 Å². The van der Waals surface area contributed by atoms with Crippen LogP contribution in [0.2, 0.25) is 0 Å². The van der Waals surface area contributed by atoms with Crippen molar-refractivity contribution in [1.82, 2.24) is 0 Å². The van der Waals surface area contributed by atoms with E-state index in [9.17, 15) is 24.6 Å². The van der Waals surface area contributed by atoms with Gasteiger partial charge in [-0.15, -0.1) is 0 Å². The van der Waals surface area contributed by atoms with Crippen LogP contribution in [-0.2, 0) is 27.4 Å². The molecule has 0 aromatic heterocycles. The van der Waals surface area contributed by atoms with Crippen molar-refractivity contribution in [2.24, 2.45) is 0 Å². The summed E-state index contributed by atoms with van der Waals surface area (Å²) in [6.45, 7) is 6.68. The minimum atomic E-state index is -1.51. The van der Waals surface area contributed by atoms with E-state index in [2.05, 4.69) is 24.4 Å². The molecular formula is C28H37NO8. The number of benzene rings is 2. The van der Waals surface area contributed by atoms with Crippen molar-refractivity contribution in [3.8, 4) is 5.75 Å². The van der Waals surface area contributed by atoms with E-state index in [0.717, 1.165) is 24.9 Å². The summed E-state index contributed by atoms with van der Waals surface area (Å²) in [5, 5.41) is 29.6. The SMILES string of the molecule is CCCOCc1cc(C(=O)CC)ccc1OCC(O)C[NH2+]CCc1ccccc1.O=C([O-])/C=C/C(=O)O. The van der Waals surface area contributed by atoms with Crippen LogP contribution in [0.5, 0.6) is 5.75 Å². The van der Waals surface area contributed by atoms with E-state index in [4.69, 9.17) is 14.6 Å². The number of carboxylic acids is 2. The lowest BCUT2D eigenvalue weighted by atomic mass is 10.1. The van der Waals surface area contributed by atoms with Crippen LogP contribution in [0.25, 0.3) is 0 Å². The molecular weight excluding hydrogens is 478 g/mol. The van der Waals surface area contributed by atoms with Gasteiger partial charge in [0.25, 0.3) is 0 Å². The summed E-state index contributed by atoms with van der Waals surface area (Å²) in [6.07, 6.45) is 2.75. The fraction of sp³-hybridized carbons (Fsp3) is 0.393. The van der Waals surface area contributed by atoms with Crippen LogP contribution >= 0.6 is 0 Å². The van der Waals surface area contributed by atoms with Crippen LogP contribution in [-0.4, -0.2) is 60.3 Å². The summed E-state index contributed by atoms with van der Waals surface area (Å²) >= 11 is 0. The van der Waals surface area contributed by atoms with Crippen molar-refractivity contribution in [2.75, 3.05) is 26.3 Å². The van der Waals surface area contributed by atoms with Crippen molar-refractivity contribution in [1.29, 1.82) is 0 Å². The second-order valence-electron chi connectivity index (χ2n) is 8.16. The van der Waals surface area contributed by atoms with Gasteiger partial charge in [-0.2, -0.15) is 0 Å². The third-order valence-corrected chi connectivity index (χ3v) is 5.02. The lowest BCUT2D eigenvalue weighted by Gasteiger charge is -2.15. The number of hydrogen-bond acceptors (Lipinski definition) is 7. The molecule has 0 radical (unpaired) electrons. The van der Waals surface area contributed by atoms with Gasteiger partial charge in [-0.1, -0.05) is 44.2 Å². The number of aliphatic hydroxyl groups excluding tert-OH is 1. The Bertz CT molecular complexity index is 975. The smallest absolute Gasteiger partial charge is 0.328 e. The van der Waals surface area contributed by atoms with E-state index in [1.807, 2.05) is 31.2 Å². The van der Waals surface area contributed by atoms with Gasteiger partial charge >= 0.3 is 5.97 Å². The average Bonchev–Trinajstić information content (AvgIpc) is 2.89. The predicted molar refractivity (Wildman–Crippen MR) is 136 cm³/mol. The molecule has 9 heteroatoms. The number of rotatable bonds is 16. The van der Waals surface area contributed by atoms with Gasteiger partial charge in [-0.3, -0.25) is 4.79 Å². The van der Waals surface area contributed by atoms with E-state index in [-0.39, 0.29) is 12.4 Å². The number of carbonyl (C=O) groups is 3. The molecule has 4 N–H and O–H groups in total. The Labute approximate surface area is 217 Å². The molecule has 1 unspecified atom stereocenters. The summed E-state index contributed by atoms with van der Waals surface area (Å²) in [6, 6.07) is 15.8. The van der Waals surface area contributed by atoms with Crippen LogP contribution in [0.15, 0.2) is 60.7 Å². The number of ketones is 1. The average molecular weight is 516 g/mol. The number of carboxylic acid groups (broad SMARTS) is 2. The molecule has 0 amide bonds. The molecule has 0 bridgehead atoms. The number of aliphatic hydroxyl groups is 1. The van der Waals surface area contributed by atoms with Crippen molar-refractivity contribution in [3.63, 3.8) is 0 Å². The molecule has 1 atom stereocenters. The molecule has 0 aliphatic heterocycles. The molecule has 202 valence electrons. The minimum absolute atomic E-state index is 0.0985. The highest BCUT2D eigenvalue weighted by Gasteiger charge is 2.13. The Morgan fingerprint density at radius 2 is 1.81 bits per heavy atom. The second kappa shape index (κ2) is 18.7. The van der Waals surface area contributed by atoms with Gasteiger partial charge in [0.2, 0.25) is 0 Å². The highest BCUT2D eigenvalue weighted by Crippen LogP contribution is 2.22. The Balaban J connectivity index is 0.000000738. The molecule has 0 spiro atoms. The minimum Gasteiger partial charge on any atom is -0.545 e. The van der Waals surface area contributed by atoms with Crippen LogP contribution < -0.4 is 15.2 Å². The Hall–Kier alpha value is -3.53. The lowest BCUT2D eigenvalue weighted by Crippen LogP contribution is -2.87. The van der Waals surface area contributed by atoms with Gasteiger partial charge in [0.1, 0.15) is 25.0 Å². The summed E-state index contributed by atoms with van der Waals surface area (Å²) in [5.74, 6) is -2.04. The summed E-state index contributed by atoms with van der Waals surface area (Å²) in [7, 11) is 0. The zero-order valence-corrected chi connectivity index (χ0v) is 21.4. The first-order chi connectivity index (χ1) is 17.8. The summed E-state index contributed by atoms with van der Waals surface area (Å²) in [4.78, 5) is 31.0. The maximum absolute atomic E-state index is 12.0. The zero-order chi connectivity index (χ0) is 27.5. The molecule has 0 heterocycles. The molecule has 0 fully saturated rings. The number of carbonyl (C=O) groups excluding carboxylic acids is 2. The van der Waals surface area contributed by atoms with Gasteiger partial charge in [0.15, 0.2) is 5.78 Å². The van der Waals surface area contributed by atoms with E-state index in [1.54, 1.807) is 12.1 Å². The first kappa shape index (κ1) is 31.5. The van der Waals surface area contributed by atoms with Crippen LogP contribution in [0.3, 0.4) is 0 Å². The number of quaternary nitrogens is 1.